The Morgan fingerprint density at radius 3 is 2.56 bits per heavy atom. The fourth-order valence-corrected chi connectivity index (χ4v) is 3.84. The van der Waals surface area contributed by atoms with Crippen molar-refractivity contribution in [3.05, 3.63) is 42.5 Å². The summed E-state index contributed by atoms with van der Waals surface area (Å²) in [7, 11) is -3.21. The van der Waals surface area contributed by atoms with Crippen molar-refractivity contribution in [1.29, 1.82) is 0 Å². The number of nitrogens with zero attached hydrogens (tertiary/aromatic N) is 2. The van der Waals surface area contributed by atoms with Gasteiger partial charge < -0.3 is 9.64 Å². The van der Waals surface area contributed by atoms with E-state index < -0.39 is 10.0 Å². The quantitative estimate of drug-likeness (QED) is 0.830. The second kappa shape index (κ2) is 7.41. The molecule has 0 N–H and O–H groups in total. The lowest BCUT2D eigenvalue weighted by molar-refractivity contribution is -0.133. The summed E-state index contributed by atoms with van der Waals surface area (Å²) in [5.74, 6) is 0.531. The molecule has 0 atom stereocenters. The molecular formula is C18H22N2O4S. The summed E-state index contributed by atoms with van der Waals surface area (Å²) in [4.78, 5) is 14.0. The minimum atomic E-state index is -3.21. The Morgan fingerprint density at radius 1 is 1.04 bits per heavy atom. The molecule has 0 aromatic heterocycles. The van der Waals surface area contributed by atoms with Gasteiger partial charge in [-0.25, -0.2) is 12.7 Å². The van der Waals surface area contributed by atoms with E-state index in [1.165, 1.54) is 10.6 Å². The molecule has 2 aromatic carbocycles. The minimum Gasteiger partial charge on any atom is -0.484 e. The van der Waals surface area contributed by atoms with Crippen LogP contribution < -0.4 is 4.74 Å². The summed E-state index contributed by atoms with van der Waals surface area (Å²) < 4.78 is 30.3. The van der Waals surface area contributed by atoms with Gasteiger partial charge in [-0.2, -0.15) is 0 Å². The number of carbonyl (C=O) groups is 1. The molecule has 134 valence electrons. The molecule has 3 rings (SSSR count). The van der Waals surface area contributed by atoms with Gasteiger partial charge in [0, 0.05) is 26.2 Å². The van der Waals surface area contributed by atoms with Gasteiger partial charge in [-0.05, 0) is 29.3 Å². The molecule has 0 saturated carbocycles. The lowest BCUT2D eigenvalue weighted by Crippen LogP contribution is -2.39. The third kappa shape index (κ3) is 4.49. The van der Waals surface area contributed by atoms with Gasteiger partial charge in [-0.3, -0.25) is 4.79 Å². The van der Waals surface area contributed by atoms with Crippen molar-refractivity contribution < 1.29 is 17.9 Å². The molecule has 0 spiro atoms. The molecule has 25 heavy (non-hydrogen) atoms. The van der Waals surface area contributed by atoms with E-state index in [4.69, 9.17) is 4.74 Å². The van der Waals surface area contributed by atoms with Gasteiger partial charge in [-0.15, -0.1) is 0 Å². The van der Waals surface area contributed by atoms with Crippen LogP contribution in [-0.4, -0.2) is 62.6 Å². The summed E-state index contributed by atoms with van der Waals surface area (Å²) >= 11 is 0. The highest BCUT2D eigenvalue weighted by molar-refractivity contribution is 7.88. The number of benzene rings is 2. The first kappa shape index (κ1) is 17.7. The van der Waals surface area contributed by atoms with Crippen LogP contribution in [0.3, 0.4) is 0 Å². The molecule has 0 unspecified atom stereocenters. The Kier molecular flexibility index (Phi) is 5.24. The molecule has 1 fully saturated rings. The highest BCUT2D eigenvalue weighted by Crippen LogP contribution is 2.20. The van der Waals surface area contributed by atoms with Crippen LogP contribution in [0.4, 0.5) is 0 Å². The molecule has 0 radical (unpaired) electrons. The van der Waals surface area contributed by atoms with E-state index in [1.54, 1.807) is 4.90 Å². The van der Waals surface area contributed by atoms with Crippen LogP contribution >= 0.6 is 0 Å². The molecular weight excluding hydrogens is 340 g/mol. The topological polar surface area (TPSA) is 66.9 Å². The Hall–Kier alpha value is -2.12. The minimum absolute atomic E-state index is 0.0444. The SMILES string of the molecule is CS(=O)(=O)N1CCCN(C(=O)COc2ccc3ccccc3c2)CC1. The van der Waals surface area contributed by atoms with Crippen LogP contribution in [0, 0.1) is 0 Å². The lowest BCUT2D eigenvalue weighted by atomic mass is 10.1. The molecule has 1 aliphatic heterocycles. The smallest absolute Gasteiger partial charge is 0.260 e. The van der Waals surface area contributed by atoms with Crippen molar-refractivity contribution >= 4 is 26.7 Å². The highest BCUT2D eigenvalue weighted by atomic mass is 32.2. The second-order valence-corrected chi connectivity index (χ2v) is 8.18. The van der Waals surface area contributed by atoms with Crippen LogP contribution in [0.1, 0.15) is 6.42 Å². The molecule has 1 aliphatic rings. The first-order chi connectivity index (χ1) is 11.9. The normalized spacial score (nSPS) is 16.6. The number of fused-ring (bicyclic) bond motifs is 1. The van der Waals surface area contributed by atoms with Gasteiger partial charge >= 0.3 is 0 Å². The maximum Gasteiger partial charge on any atom is 0.260 e. The zero-order valence-electron chi connectivity index (χ0n) is 14.2. The predicted molar refractivity (Wildman–Crippen MR) is 97.1 cm³/mol. The second-order valence-electron chi connectivity index (χ2n) is 6.19. The molecule has 0 bridgehead atoms. The summed E-state index contributed by atoms with van der Waals surface area (Å²) in [5.41, 5.74) is 0. The largest absolute Gasteiger partial charge is 0.484 e. The van der Waals surface area contributed by atoms with Crippen LogP contribution in [0.5, 0.6) is 5.75 Å². The number of hydrogen-bond donors (Lipinski definition) is 0. The number of hydrogen-bond acceptors (Lipinski definition) is 4. The first-order valence-corrected chi connectivity index (χ1v) is 10.1. The number of sulfonamides is 1. The van der Waals surface area contributed by atoms with Gasteiger partial charge in [0.2, 0.25) is 10.0 Å². The standard InChI is InChI=1S/C18H22N2O4S/c1-25(22,23)20-10-4-9-19(11-12-20)18(21)14-24-17-8-7-15-5-2-3-6-16(15)13-17/h2-3,5-8,13H,4,9-12,14H2,1H3. The molecule has 1 saturated heterocycles. The van der Waals surface area contributed by atoms with Gasteiger partial charge in [-0.1, -0.05) is 30.3 Å². The summed E-state index contributed by atoms with van der Waals surface area (Å²) in [6.07, 6.45) is 1.84. The highest BCUT2D eigenvalue weighted by Gasteiger charge is 2.23. The van der Waals surface area contributed by atoms with Crippen molar-refractivity contribution in [1.82, 2.24) is 9.21 Å². The van der Waals surface area contributed by atoms with Crippen LogP contribution in [0.15, 0.2) is 42.5 Å². The number of rotatable bonds is 4. The Morgan fingerprint density at radius 2 is 1.80 bits per heavy atom. The third-order valence-corrected chi connectivity index (χ3v) is 5.66. The lowest BCUT2D eigenvalue weighted by Gasteiger charge is -2.21. The van der Waals surface area contributed by atoms with Crippen LogP contribution in [-0.2, 0) is 14.8 Å². The third-order valence-electron chi connectivity index (χ3n) is 4.36. The van der Waals surface area contributed by atoms with E-state index in [9.17, 15) is 13.2 Å². The van der Waals surface area contributed by atoms with Crippen molar-refractivity contribution in [2.45, 2.75) is 6.42 Å². The average molecular weight is 362 g/mol. The molecule has 2 aromatic rings. The van der Waals surface area contributed by atoms with Gasteiger partial charge in [0.25, 0.3) is 5.91 Å². The van der Waals surface area contributed by atoms with Crippen molar-refractivity contribution in [3.63, 3.8) is 0 Å². The zero-order chi connectivity index (χ0) is 17.9. The van der Waals surface area contributed by atoms with E-state index in [1.807, 2.05) is 42.5 Å². The van der Waals surface area contributed by atoms with E-state index in [0.29, 0.717) is 38.3 Å². The van der Waals surface area contributed by atoms with E-state index in [0.717, 1.165) is 10.8 Å². The average Bonchev–Trinajstić information content (AvgIpc) is 2.85. The predicted octanol–water partition coefficient (Wildman–Crippen LogP) is 1.71. The summed E-state index contributed by atoms with van der Waals surface area (Å²) in [6.45, 7) is 1.69. The van der Waals surface area contributed by atoms with Gasteiger partial charge in [0.15, 0.2) is 6.61 Å². The van der Waals surface area contributed by atoms with E-state index in [-0.39, 0.29) is 12.5 Å². The number of amides is 1. The Labute approximate surface area is 148 Å². The fraction of sp³-hybridized carbons (Fsp3) is 0.389. The van der Waals surface area contributed by atoms with Gasteiger partial charge in [0.05, 0.1) is 6.26 Å². The maximum atomic E-state index is 12.4. The Bertz CT molecular complexity index is 866. The molecule has 6 nitrogen and oxygen atoms in total. The molecule has 1 heterocycles. The fourth-order valence-electron chi connectivity index (χ4n) is 2.97. The van der Waals surface area contributed by atoms with E-state index in [2.05, 4.69) is 0 Å². The zero-order valence-corrected chi connectivity index (χ0v) is 15.0. The van der Waals surface area contributed by atoms with Crippen LogP contribution in [0.25, 0.3) is 10.8 Å². The van der Waals surface area contributed by atoms with E-state index >= 15 is 0 Å². The first-order valence-electron chi connectivity index (χ1n) is 8.28. The number of carbonyl (C=O) groups excluding carboxylic acids is 1. The van der Waals surface area contributed by atoms with Crippen LogP contribution in [0.2, 0.25) is 0 Å². The molecule has 0 aliphatic carbocycles. The monoisotopic (exact) mass is 362 g/mol. The number of ether oxygens (including phenoxy) is 1. The van der Waals surface area contributed by atoms with Crippen molar-refractivity contribution in [2.24, 2.45) is 0 Å². The molecule has 7 heteroatoms. The van der Waals surface area contributed by atoms with Crippen molar-refractivity contribution in [2.75, 3.05) is 39.0 Å². The Balaban J connectivity index is 1.58. The van der Waals surface area contributed by atoms with Gasteiger partial charge in [0.1, 0.15) is 5.75 Å². The maximum absolute atomic E-state index is 12.4. The molecule has 1 amide bonds. The summed E-state index contributed by atoms with van der Waals surface area (Å²) in [6, 6.07) is 13.7. The summed E-state index contributed by atoms with van der Waals surface area (Å²) in [5, 5.41) is 2.18. The van der Waals surface area contributed by atoms with Crippen molar-refractivity contribution in [3.8, 4) is 5.75 Å².